The van der Waals surface area contributed by atoms with Gasteiger partial charge in [0.05, 0.1) is 31.9 Å². The molecular weight excluding hydrogens is 336 g/mol. The van der Waals surface area contributed by atoms with Gasteiger partial charge in [-0.1, -0.05) is 0 Å². The molecule has 0 unspecified atom stereocenters. The van der Waals surface area contributed by atoms with E-state index in [1.165, 1.54) is 7.11 Å². The molecule has 0 bridgehead atoms. The molecule has 4 rings (SSSR count). The SMILES string of the molecule is COC(=O)Nc1ccc(-c2nc(N3CCOCC3)c3cn[nH]c3n2)cc1. The molecule has 0 aliphatic carbocycles. The van der Waals surface area contributed by atoms with Gasteiger partial charge in [0.1, 0.15) is 5.82 Å². The molecule has 3 heterocycles. The summed E-state index contributed by atoms with van der Waals surface area (Å²) in [5.74, 6) is 1.44. The number of aromatic nitrogens is 4. The van der Waals surface area contributed by atoms with Crippen molar-refractivity contribution in [1.82, 2.24) is 20.2 Å². The van der Waals surface area contributed by atoms with Crippen molar-refractivity contribution in [3.63, 3.8) is 0 Å². The lowest BCUT2D eigenvalue weighted by Gasteiger charge is -2.28. The summed E-state index contributed by atoms with van der Waals surface area (Å²) in [4.78, 5) is 22.8. The van der Waals surface area contributed by atoms with Crippen LogP contribution in [-0.4, -0.2) is 59.7 Å². The summed E-state index contributed by atoms with van der Waals surface area (Å²) in [6.45, 7) is 2.90. The topological polar surface area (TPSA) is 105 Å². The second-order valence-electron chi connectivity index (χ2n) is 5.80. The fourth-order valence-corrected chi connectivity index (χ4v) is 2.84. The second kappa shape index (κ2) is 6.96. The molecule has 0 radical (unpaired) electrons. The summed E-state index contributed by atoms with van der Waals surface area (Å²) in [7, 11) is 1.32. The number of hydrogen-bond acceptors (Lipinski definition) is 7. The van der Waals surface area contributed by atoms with Crippen molar-refractivity contribution in [3.8, 4) is 11.4 Å². The fourth-order valence-electron chi connectivity index (χ4n) is 2.84. The van der Waals surface area contributed by atoms with Gasteiger partial charge >= 0.3 is 6.09 Å². The molecule has 9 heteroatoms. The van der Waals surface area contributed by atoms with E-state index in [4.69, 9.17) is 9.72 Å². The Morgan fingerprint density at radius 1 is 1.23 bits per heavy atom. The zero-order valence-electron chi connectivity index (χ0n) is 14.2. The number of carbonyl (C=O) groups is 1. The van der Waals surface area contributed by atoms with Gasteiger partial charge in [-0.05, 0) is 24.3 Å². The first-order chi connectivity index (χ1) is 12.7. The monoisotopic (exact) mass is 354 g/mol. The van der Waals surface area contributed by atoms with Gasteiger partial charge in [0.25, 0.3) is 0 Å². The number of nitrogens with one attached hydrogen (secondary N) is 2. The smallest absolute Gasteiger partial charge is 0.411 e. The maximum Gasteiger partial charge on any atom is 0.411 e. The Hall–Kier alpha value is -3.20. The van der Waals surface area contributed by atoms with Crippen LogP contribution >= 0.6 is 0 Å². The minimum Gasteiger partial charge on any atom is -0.453 e. The molecule has 1 fully saturated rings. The van der Waals surface area contributed by atoms with Crippen molar-refractivity contribution in [3.05, 3.63) is 30.5 Å². The van der Waals surface area contributed by atoms with E-state index in [-0.39, 0.29) is 0 Å². The van der Waals surface area contributed by atoms with Crippen LogP contribution < -0.4 is 10.2 Å². The van der Waals surface area contributed by atoms with E-state index in [9.17, 15) is 4.79 Å². The van der Waals surface area contributed by atoms with Crippen LogP contribution in [0.25, 0.3) is 22.4 Å². The highest BCUT2D eigenvalue weighted by Gasteiger charge is 2.19. The molecule has 1 amide bonds. The van der Waals surface area contributed by atoms with E-state index in [1.54, 1.807) is 18.3 Å². The van der Waals surface area contributed by atoms with E-state index in [2.05, 4.69) is 30.1 Å². The number of aromatic amines is 1. The summed E-state index contributed by atoms with van der Waals surface area (Å²) in [6.07, 6.45) is 1.23. The van der Waals surface area contributed by atoms with Crippen LogP contribution in [0.15, 0.2) is 30.5 Å². The van der Waals surface area contributed by atoms with Gasteiger partial charge in [-0.25, -0.2) is 14.8 Å². The van der Waals surface area contributed by atoms with Crippen LogP contribution in [0.1, 0.15) is 0 Å². The highest BCUT2D eigenvalue weighted by atomic mass is 16.5. The number of nitrogens with zero attached hydrogens (tertiary/aromatic N) is 4. The summed E-state index contributed by atoms with van der Waals surface area (Å²) in [5, 5.41) is 10.5. The standard InChI is InChI=1S/C17H18N6O3/c1-25-17(24)19-12-4-2-11(3-5-12)14-20-15-13(10-18-22-15)16(21-14)23-6-8-26-9-7-23/h2-5,10H,6-9H2,1H3,(H,19,24)(H,18,20,21,22). The van der Waals surface area contributed by atoms with E-state index < -0.39 is 6.09 Å². The first-order valence-corrected chi connectivity index (χ1v) is 8.24. The first-order valence-electron chi connectivity index (χ1n) is 8.24. The lowest BCUT2D eigenvalue weighted by Crippen LogP contribution is -2.37. The van der Waals surface area contributed by atoms with Crippen LogP contribution in [0.4, 0.5) is 16.3 Å². The van der Waals surface area contributed by atoms with Gasteiger partial charge < -0.3 is 14.4 Å². The number of benzene rings is 1. The molecule has 134 valence electrons. The number of anilines is 2. The summed E-state index contributed by atoms with van der Waals surface area (Å²) in [5.41, 5.74) is 2.16. The minimum absolute atomic E-state index is 0.512. The van der Waals surface area contributed by atoms with Crippen LogP contribution in [0.3, 0.4) is 0 Å². The zero-order chi connectivity index (χ0) is 17.9. The Bertz CT molecular complexity index is 918. The molecule has 26 heavy (non-hydrogen) atoms. The summed E-state index contributed by atoms with van der Waals surface area (Å²) < 4.78 is 10.0. The number of rotatable bonds is 3. The fraction of sp³-hybridized carbons (Fsp3) is 0.294. The van der Waals surface area contributed by atoms with E-state index in [1.807, 2.05) is 12.1 Å². The Labute approximate surface area is 149 Å². The molecule has 1 aliphatic heterocycles. The predicted molar refractivity (Wildman–Crippen MR) is 96.2 cm³/mol. The third-order valence-corrected chi connectivity index (χ3v) is 4.18. The van der Waals surface area contributed by atoms with Crippen LogP contribution in [0.2, 0.25) is 0 Å². The van der Waals surface area contributed by atoms with Crippen LogP contribution in [-0.2, 0) is 9.47 Å². The summed E-state index contributed by atoms with van der Waals surface area (Å²) in [6, 6.07) is 7.26. The van der Waals surface area contributed by atoms with E-state index >= 15 is 0 Å². The second-order valence-corrected chi connectivity index (χ2v) is 5.80. The van der Waals surface area contributed by atoms with Crippen molar-refractivity contribution in [2.45, 2.75) is 0 Å². The van der Waals surface area contributed by atoms with E-state index in [0.29, 0.717) is 30.4 Å². The number of hydrogen-bond donors (Lipinski definition) is 2. The highest BCUT2D eigenvalue weighted by Crippen LogP contribution is 2.27. The molecule has 3 aromatic rings. The molecule has 1 saturated heterocycles. The number of methoxy groups -OCH3 is 1. The maximum atomic E-state index is 11.3. The summed E-state index contributed by atoms with van der Waals surface area (Å²) >= 11 is 0. The van der Waals surface area contributed by atoms with Gasteiger partial charge in [-0.15, -0.1) is 0 Å². The molecule has 9 nitrogen and oxygen atoms in total. The normalized spacial score (nSPS) is 14.4. The molecular formula is C17H18N6O3. The maximum absolute atomic E-state index is 11.3. The average molecular weight is 354 g/mol. The van der Waals surface area contributed by atoms with Gasteiger partial charge in [0.2, 0.25) is 0 Å². The number of morpholine rings is 1. The molecule has 1 aromatic carbocycles. The average Bonchev–Trinajstić information content (AvgIpc) is 3.17. The van der Waals surface area contributed by atoms with Crippen molar-refractivity contribution >= 4 is 28.6 Å². The Morgan fingerprint density at radius 2 is 2.00 bits per heavy atom. The number of amides is 1. The van der Waals surface area contributed by atoms with E-state index in [0.717, 1.165) is 29.9 Å². The minimum atomic E-state index is -0.512. The van der Waals surface area contributed by atoms with Crippen LogP contribution in [0.5, 0.6) is 0 Å². The zero-order valence-corrected chi connectivity index (χ0v) is 14.2. The van der Waals surface area contributed by atoms with Crippen molar-refractivity contribution in [2.24, 2.45) is 0 Å². The van der Waals surface area contributed by atoms with Crippen molar-refractivity contribution in [1.29, 1.82) is 0 Å². The molecule has 2 N–H and O–H groups in total. The Kier molecular flexibility index (Phi) is 4.36. The third kappa shape index (κ3) is 3.16. The first kappa shape index (κ1) is 16.3. The van der Waals surface area contributed by atoms with Gasteiger partial charge in [-0.3, -0.25) is 10.4 Å². The molecule has 0 spiro atoms. The molecule has 0 saturated carbocycles. The van der Waals surface area contributed by atoms with Gasteiger partial charge in [0, 0.05) is 24.3 Å². The molecule has 1 aliphatic rings. The van der Waals surface area contributed by atoms with Gasteiger partial charge in [0.15, 0.2) is 11.5 Å². The number of ether oxygens (including phenoxy) is 2. The highest BCUT2D eigenvalue weighted by molar-refractivity contribution is 5.88. The Balaban J connectivity index is 1.69. The van der Waals surface area contributed by atoms with Crippen molar-refractivity contribution in [2.75, 3.05) is 43.6 Å². The predicted octanol–water partition coefficient (Wildman–Crippen LogP) is 2.03. The number of fused-ring (bicyclic) bond motifs is 1. The lowest BCUT2D eigenvalue weighted by molar-refractivity contribution is 0.122. The van der Waals surface area contributed by atoms with Crippen molar-refractivity contribution < 1.29 is 14.3 Å². The number of H-pyrrole nitrogens is 1. The molecule has 2 aromatic heterocycles. The largest absolute Gasteiger partial charge is 0.453 e. The van der Waals surface area contributed by atoms with Crippen LogP contribution in [0, 0.1) is 0 Å². The lowest BCUT2D eigenvalue weighted by atomic mass is 10.2. The molecule has 0 atom stereocenters. The third-order valence-electron chi connectivity index (χ3n) is 4.18. The number of carbonyl (C=O) groups excluding carboxylic acids is 1. The Morgan fingerprint density at radius 3 is 2.73 bits per heavy atom. The quantitative estimate of drug-likeness (QED) is 0.741. The van der Waals surface area contributed by atoms with Gasteiger partial charge in [-0.2, -0.15) is 5.10 Å².